The molecule has 0 atom stereocenters. The summed E-state index contributed by atoms with van der Waals surface area (Å²) in [5, 5.41) is -0.401. The molecule has 0 saturated heterocycles. The van der Waals surface area contributed by atoms with E-state index in [0.717, 1.165) is 12.1 Å². The van der Waals surface area contributed by atoms with Gasteiger partial charge in [-0.2, -0.15) is 18.2 Å². The summed E-state index contributed by atoms with van der Waals surface area (Å²) in [7, 11) is 0. The van der Waals surface area contributed by atoms with Gasteiger partial charge in [0, 0.05) is 6.07 Å². The predicted octanol–water partition coefficient (Wildman–Crippen LogP) is 4.39. The van der Waals surface area contributed by atoms with Crippen LogP contribution in [0.5, 0.6) is 11.6 Å². The number of rotatable bonds is 2. The monoisotopic (exact) mass is 306 g/mol. The number of alkyl halides is 3. The molecule has 0 aliphatic heterocycles. The summed E-state index contributed by atoms with van der Waals surface area (Å²) >= 11 is 5.50. The predicted molar refractivity (Wildman–Crippen MR) is 63.3 cm³/mol. The molecule has 0 aliphatic rings. The Morgan fingerprint density at radius 3 is 2.45 bits per heavy atom. The van der Waals surface area contributed by atoms with Gasteiger partial charge < -0.3 is 4.74 Å². The number of hydrogen-bond acceptors (Lipinski definition) is 3. The lowest BCUT2D eigenvalue weighted by atomic mass is 10.2. The van der Waals surface area contributed by atoms with Gasteiger partial charge in [0.05, 0.1) is 0 Å². The van der Waals surface area contributed by atoms with E-state index in [0.29, 0.717) is 5.56 Å². The first kappa shape index (κ1) is 14.5. The molecule has 20 heavy (non-hydrogen) atoms. The number of benzene rings is 1. The van der Waals surface area contributed by atoms with Crippen LogP contribution in [0, 0.1) is 12.7 Å². The Balaban J connectivity index is 2.36. The molecule has 0 unspecified atom stereocenters. The van der Waals surface area contributed by atoms with Crippen molar-refractivity contribution in [3.8, 4) is 11.6 Å². The van der Waals surface area contributed by atoms with Crippen LogP contribution >= 0.6 is 11.6 Å². The molecule has 0 radical (unpaired) electrons. The minimum absolute atomic E-state index is 0.175. The highest BCUT2D eigenvalue weighted by molar-refractivity contribution is 6.29. The fourth-order valence-electron chi connectivity index (χ4n) is 1.42. The summed E-state index contributed by atoms with van der Waals surface area (Å²) in [5.74, 6) is -2.08. The normalized spacial score (nSPS) is 11.5. The molecule has 8 heteroatoms. The summed E-state index contributed by atoms with van der Waals surface area (Å²) in [5.41, 5.74) is 0.410. The van der Waals surface area contributed by atoms with Crippen LogP contribution in [0.15, 0.2) is 24.3 Å². The molecule has 0 bridgehead atoms. The van der Waals surface area contributed by atoms with Crippen molar-refractivity contribution in [2.45, 2.75) is 13.1 Å². The fourth-order valence-corrected chi connectivity index (χ4v) is 1.59. The van der Waals surface area contributed by atoms with Crippen LogP contribution in [0.4, 0.5) is 17.6 Å². The average molecular weight is 307 g/mol. The van der Waals surface area contributed by atoms with Crippen LogP contribution in [0.25, 0.3) is 0 Å². The second-order valence-electron chi connectivity index (χ2n) is 3.86. The van der Waals surface area contributed by atoms with Crippen molar-refractivity contribution < 1.29 is 22.3 Å². The van der Waals surface area contributed by atoms with E-state index >= 15 is 0 Å². The molecule has 1 aromatic carbocycles. The van der Waals surface area contributed by atoms with E-state index in [9.17, 15) is 17.6 Å². The number of nitrogens with zero attached hydrogens (tertiary/aromatic N) is 2. The lowest BCUT2D eigenvalue weighted by Crippen LogP contribution is -2.11. The average Bonchev–Trinajstić information content (AvgIpc) is 2.31. The number of aromatic nitrogens is 2. The number of aryl methyl sites for hydroxylation is 1. The molecule has 3 nitrogen and oxygen atoms in total. The SMILES string of the molecule is Cc1cc(F)ccc1Oc1cc(Cl)nc(C(F)(F)F)n1. The Hall–Kier alpha value is -1.89. The summed E-state index contributed by atoms with van der Waals surface area (Å²) in [6.45, 7) is 1.55. The maximum atomic E-state index is 12.9. The smallest absolute Gasteiger partial charge is 0.439 e. The maximum Gasteiger partial charge on any atom is 0.451 e. The molecule has 0 amide bonds. The van der Waals surface area contributed by atoms with Crippen molar-refractivity contribution in [1.82, 2.24) is 9.97 Å². The van der Waals surface area contributed by atoms with Gasteiger partial charge in [-0.1, -0.05) is 11.6 Å². The van der Waals surface area contributed by atoms with Gasteiger partial charge in [-0.25, -0.2) is 9.37 Å². The first-order valence-electron chi connectivity index (χ1n) is 5.31. The molecule has 0 spiro atoms. The van der Waals surface area contributed by atoms with Gasteiger partial charge >= 0.3 is 6.18 Å². The molecule has 106 valence electrons. The lowest BCUT2D eigenvalue weighted by Gasteiger charge is -2.10. The summed E-state index contributed by atoms with van der Waals surface area (Å²) in [6, 6.07) is 4.63. The van der Waals surface area contributed by atoms with Gasteiger partial charge in [0.25, 0.3) is 0 Å². The Kier molecular flexibility index (Phi) is 3.80. The van der Waals surface area contributed by atoms with Gasteiger partial charge in [-0.05, 0) is 30.7 Å². The first-order valence-corrected chi connectivity index (χ1v) is 5.69. The van der Waals surface area contributed by atoms with Gasteiger partial charge in [0.2, 0.25) is 11.7 Å². The molecular formula is C12H7ClF4N2O. The fraction of sp³-hybridized carbons (Fsp3) is 0.167. The first-order chi connectivity index (χ1) is 9.25. The Morgan fingerprint density at radius 2 is 1.85 bits per heavy atom. The van der Waals surface area contributed by atoms with Gasteiger partial charge in [0.15, 0.2) is 0 Å². The summed E-state index contributed by atoms with van der Waals surface area (Å²) < 4.78 is 55.7. The standard InChI is InChI=1S/C12H7ClF4N2O/c1-6-4-7(14)2-3-8(6)20-10-5-9(13)18-11(19-10)12(15,16)17/h2-5H,1H3. The third-order valence-electron chi connectivity index (χ3n) is 2.28. The second kappa shape index (κ2) is 5.24. The van der Waals surface area contributed by atoms with Gasteiger partial charge in [0.1, 0.15) is 16.7 Å². The quantitative estimate of drug-likeness (QED) is 0.610. The number of hydrogen-bond donors (Lipinski definition) is 0. The van der Waals surface area contributed by atoms with Crippen molar-refractivity contribution >= 4 is 11.6 Å². The highest BCUT2D eigenvalue weighted by Crippen LogP contribution is 2.31. The van der Waals surface area contributed by atoms with Crippen LogP contribution in [-0.4, -0.2) is 9.97 Å². The molecule has 1 aromatic heterocycles. The summed E-state index contributed by atoms with van der Waals surface area (Å²) in [6.07, 6.45) is -4.74. The van der Waals surface area contributed by atoms with Gasteiger partial charge in [-0.15, -0.1) is 0 Å². The Morgan fingerprint density at radius 1 is 1.15 bits per heavy atom. The molecule has 0 saturated carbocycles. The van der Waals surface area contributed by atoms with E-state index < -0.39 is 23.0 Å². The minimum Gasteiger partial charge on any atom is -0.439 e. The topological polar surface area (TPSA) is 35.0 Å². The van der Waals surface area contributed by atoms with E-state index in [2.05, 4.69) is 9.97 Å². The lowest BCUT2D eigenvalue weighted by molar-refractivity contribution is -0.145. The van der Waals surface area contributed by atoms with E-state index in [1.54, 1.807) is 6.92 Å². The summed E-state index contributed by atoms with van der Waals surface area (Å²) in [4.78, 5) is 6.30. The zero-order valence-electron chi connectivity index (χ0n) is 10.0. The largest absolute Gasteiger partial charge is 0.451 e. The zero-order valence-corrected chi connectivity index (χ0v) is 10.8. The van der Waals surface area contributed by atoms with Crippen molar-refractivity contribution in [2.24, 2.45) is 0 Å². The van der Waals surface area contributed by atoms with E-state index in [-0.39, 0.29) is 11.6 Å². The molecule has 0 fully saturated rings. The molecule has 2 aromatic rings. The van der Waals surface area contributed by atoms with Crippen LogP contribution in [0.3, 0.4) is 0 Å². The van der Waals surface area contributed by atoms with E-state index in [1.165, 1.54) is 12.1 Å². The third kappa shape index (κ3) is 3.36. The highest BCUT2D eigenvalue weighted by atomic mass is 35.5. The van der Waals surface area contributed by atoms with E-state index in [1.807, 2.05) is 0 Å². The van der Waals surface area contributed by atoms with E-state index in [4.69, 9.17) is 16.3 Å². The van der Waals surface area contributed by atoms with Crippen LogP contribution in [-0.2, 0) is 6.18 Å². The number of ether oxygens (including phenoxy) is 1. The second-order valence-corrected chi connectivity index (χ2v) is 4.25. The van der Waals surface area contributed by atoms with Crippen LogP contribution < -0.4 is 4.74 Å². The maximum absolute atomic E-state index is 12.9. The Labute approximate surface area is 116 Å². The van der Waals surface area contributed by atoms with Crippen LogP contribution in [0.1, 0.15) is 11.4 Å². The minimum atomic E-state index is -4.74. The Bertz CT molecular complexity index is 646. The zero-order chi connectivity index (χ0) is 14.9. The number of halogens is 5. The molecule has 0 aliphatic carbocycles. The third-order valence-corrected chi connectivity index (χ3v) is 2.47. The van der Waals surface area contributed by atoms with Crippen molar-refractivity contribution in [2.75, 3.05) is 0 Å². The van der Waals surface area contributed by atoms with Crippen molar-refractivity contribution in [3.63, 3.8) is 0 Å². The molecule has 2 rings (SSSR count). The van der Waals surface area contributed by atoms with Gasteiger partial charge in [-0.3, -0.25) is 0 Å². The molecular weight excluding hydrogens is 300 g/mol. The highest BCUT2D eigenvalue weighted by Gasteiger charge is 2.35. The van der Waals surface area contributed by atoms with Crippen LogP contribution in [0.2, 0.25) is 5.15 Å². The molecule has 0 N–H and O–H groups in total. The van der Waals surface area contributed by atoms with Crippen molar-refractivity contribution in [1.29, 1.82) is 0 Å². The molecule has 1 heterocycles. The van der Waals surface area contributed by atoms with Crippen molar-refractivity contribution in [3.05, 3.63) is 46.6 Å².